The number of hydrogen-bond donors (Lipinski definition) is 2. The molecular formula is C33H44N3O7+. The number of benzene rings is 1. The van der Waals surface area contributed by atoms with Gasteiger partial charge in [0.1, 0.15) is 24.3 Å². The van der Waals surface area contributed by atoms with Gasteiger partial charge in [-0.3, -0.25) is 10.0 Å². The Bertz CT molecular complexity index is 1340. The highest BCUT2D eigenvalue weighted by molar-refractivity contribution is 5.90. The summed E-state index contributed by atoms with van der Waals surface area (Å²) in [5.41, 5.74) is 1.38. The molecule has 4 aliphatic rings. The summed E-state index contributed by atoms with van der Waals surface area (Å²) in [6.45, 7) is 0.168. The number of alkyl carbamates (subject to hydrolysis) is 1. The standard InChI is InChI=1S/C33H43N3O7/c1-41-32(38)27-19-24-20-35(27)31(37)30(22-11-5-6-12-22)34-33(39)43-28-17-9-14-21(28)10-3-2-4-16-26-29(42-24)18-23-13-7-8-15-25(23)36(26)40/h7-8,13,15,18,21-22,24,27-28,30H,2-6,9-12,14,16-17,19-20H2,1H3,(H-,34,39,40)/p+1/t21-,24+,27-,28-,30-/m0/s1. The Morgan fingerprint density at radius 1 is 0.977 bits per heavy atom. The number of rotatable bonds is 2. The SMILES string of the molecule is COC(=O)[C@@H]1C[C@@H]2CN1C(=O)[C@H](C1CCCC1)NC(=O)O[C@H]1CCC[C@@H]1CCCCCc1c(cc3ccccc3[n+]1O)O2. The molecule has 0 spiro atoms. The highest BCUT2D eigenvalue weighted by Crippen LogP contribution is 2.35. The molecule has 2 amide bonds. The number of carbonyl (C=O) groups excluding carboxylic acids is 3. The molecule has 5 atom stereocenters. The third-order valence-electron chi connectivity index (χ3n) is 10.1. The van der Waals surface area contributed by atoms with Gasteiger partial charge in [-0.1, -0.05) is 37.8 Å². The molecule has 2 aromatic rings. The van der Waals surface area contributed by atoms with E-state index in [0.29, 0.717) is 29.3 Å². The first kappa shape index (κ1) is 29.5. The van der Waals surface area contributed by atoms with E-state index >= 15 is 0 Å². The monoisotopic (exact) mass is 594 g/mol. The Balaban J connectivity index is 1.35. The van der Waals surface area contributed by atoms with E-state index in [1.807, 2.05) is 30.3 Å². The summed E-state index contributed by atoms with van der Waals surface area (Å²) in [5, 5.41) is 15.1. The number of hydrogen-bond acceptors (Lipinski definition) is 7. The van der Waals surface area contributed by atoms with Crippen LogP contribution in [0.1, 0.15) is 82.7 Å². The topological polar surface area (TPSA) is 118 Å². The summed E-state index contributed by atoms with van der Waals surface area (Å²) in [4.78, 5) is 41.9. The fraction of sp³-hybridized carbons (Fsp3) is 0.636. The van der Waals surface area contributed by atoms with Crippen molar-refractivity contribution in [1.29, 1.82) is 0 Å². The van der Waals surface area contributed by atoms with Crippen LogP contribution in [0, 0.1) is 11.8 Å². The van der Waals surface area contributed by atoms with Gasteiger partial charge in [0.15, 0.2) is 5.75 Å². The van der Waals surface area contributed by atoms with E-state index in [0.717, 1.165) is 76.0 Å². The molecule has 10 heteroatoms. The molecule has 2 bridgehead atoms. The van der Waals surface area contributed by atoms with Gasteiger partial charge in [-0.15, -0.1) is 0 Å². The molecule has 1 aromatic carbocycles. The zero-order valence-corrected chi connectivity index (χ0v) is 25.0. The highest BCUT2D eigenvalue weighted by Gasteiger charge is 2.46. The molecule has 2 aliphatic heterocycles. The second-order valence-corrected chi connectivity index (χ2v) is 12.7. The first-order chi connectivity index (χ1) is 20.9. The van der Waals surface area contributed by atoms with Crippen LogP contribution in [0.2, 0.25) is 0 Å². The summed E-state index contributed by atoms with van der Waals surface area (Å²) in [6, 6.07) is 7.93. The van der Waals surface area contributed by atoms with Gasteiger partial charge in [0.05, 0.1) is 19.0 Å². The maximum absolute atomic E-state index is 14.2. The van der Waals surface area contributed by atoms with Gasteiger partial charge in [0.2, 0.25) is 5.91 Å². The number of amides is 2. The Morgan fingerprint density at radius 3 is 2.53 bits per heavy atom. The first-order valence-corrected chi connectivity index (χ1v) is 16.1. The van der Waals surface area contributed by atoms with Crippen molar-refractivity contribution in [2.45, 2.75) is 108 Å². The summed E-state index contributed by atoms with van der Waals surface area (Å²) < 4.78 is 18.8. The lowest BCUT2D eigenvalue weighted by Crippen LogP contribution is -2.55. The number of para-hydroxylation sites is 1. The zero-order valence-electron chi connectivity index (χ0n) is 25.0. The normalized spacial score (nSPS) is 29.1. The minimum Gasteiger partial charge on any atom is -0.482 e. The van der Waals surface area contributed by atoms with Crippen LogP contribution in [0.3, 0.4) is 0 Å². The predicted molar refractivity (Wildman–Crippen MR) is 157 cm³/mol. The average Bonchev–Trinajstić information content (AvgIpc) is 3.78. The Labute approximate surface area is 252 Å². The molecule has 2 aliphatic carbocycles. The van der Waals surface area contributed by atoms with Crippen molar-refractivity contribution >= 4 is 28.9 Å². The number of aromatic nitrogens is 1. The lowest BCUT2D eigenvalue weighted by molar-refractivity contribution is -0.889. The summed E-state index contributed by atoms with van der Waals surface area (Å²) in [5.74, 6) is 0.0164. The highest BCUT2D eigenvalue weighted by atomic mass is 16.6. The summed E-state index contributed by atoms with van der Waals surface area (Å²) in [7, 11) is 1.32. The van der Waals surface area contributed by atoms with E-state index < -0.39 is 30.3 Å². The third kappa shape index (κ3) is 6.24. The van der Waals surface area contributed by atoms with Gasteiger partial charge < -0.3 is 24.4 Å². The van der Waals surface area contributed by atoms with Crippen LogP contribution in [0.15, 0.2) is 30.3 Å². The number of esters is 1. The first-order valence-electron chi connectivity index (χ1n) is 16.1. The van der Waals surface area contributed by atoms with E-state index in [2.05, 4.69) is 5.32 Å². The van der Waals surface area contributed by atoms with Crippen LogP contribution in [0.25, 0.3) is 10.9 Å². The van der Waals surface area contributed by atoms with E-state index in [9.17, 15) is 19.6 Å². The quantitative estimate of drug-likeness (QED) is 0.300. The van der Waals surface area contributed by atoms with Crippen molar-refractivity contribution in [2.75, 3.05) is 13.7 Å². The zero-order chi connectivity index (χ0) is 29.9. The summed E-state index contributed by atoms with van der Waals surface area (Å²) >= 11 is 0. The molecule has 10 nitrogen and oxygen atoms in total. The molecule has 2 N–H and O–H groups in total. The summed E-state index contributed by atoms with van der Waals surface area (Å²) in [6.07, 6.45) is 10.0. The number of pyridine rings is 1. The van der Waals surface area contributed by atoms with E-state index in [1.54, 1.807) is 0 Å². The van der Waals surface area contributed by atoms with Crippen LogP contribution in [-0.4, -0.2) is 66.0 Å². The van der Waals surface area contributed by atoms with Crippen LogP contribution in [0.5, 0.6) is 5.75 Å². The lowest BCUT2D eigenvalue weighted by atomic mass is 9.96. The predicted octanol–water partition coefficient (Wildman–Crippen LogP) is 4.46. The molecule has 232 valence electrons. The Kier molecular flexibility index (Phi) is 8.90. The van der Waals surface area contributed by atoms with Crippen molar-refractivity contribution < 1.29 is 38.5 Å². The van der Waals surface area contributed by atoms with Crippen molar-refractivity contribution in [3.8, 4) is 5.75 Å². The third-order valence-corrected chi connectivity index (χ3v) is 10.1. The number of nitrogens with zero attached hydrogens (tertiary/aromatic N) is 2. The second-order valence-electron chi connectivity index (χ2n) is 12.7. The van der Waals surface area contributed by atoms with Crippen molar-refractivity contribution in [2.24, 2.45) is 11.8 Å². The number of ether oxygens (including phenoxy) is 3. The van der Waals surface area contributed by atoms with Gasteiger partial charge in [0, 0.05) is 29.7 Å². The molecule has 3 heterocycles. The molecule has 1 saturated heterocycles. The molecular weight excluding hydrogens is 550 g/mol. The second kappa shape index (κ2) is 13.0. The minimum absolute atomic E-state index is 0.0243. The molecule has 0 radical (unpaired) electrons. The van der Waals surface area contributed by atoms with Gasteiger partial charge in [0.25, 0.3) is 11.2 Å². The van der Waals surface area contributed by atoms with Gasteiger partial charge in [-0.25, -0.2) is 9.59 Å². The molecule has 1 aromatic heterocycles. The number of carbonyl (C=O) groups is 3. The number of nitrogens with one attached hydrogen (secondary N) is 1. The smallest absolute Gasteiger partial charge is 0.408 e. The fourth-order valence-electron chi connectivity index (χ4n) is 7.79. The number of methoxy groups -OCH3 is 1. The largest absolute Gasteiger partial charge is 0.482 e. The minimum atomic E-state index is -0.837. The van der Waals surface area contributed by atoms with E-state index in [4.69, 9.17) is 14.2 Å². The lowest BCUT2D eigenvalue weighted by Gasteiger charge is -2.31. The van der Waals surface area contributed by atoms with E-state index in [-0.39, 0.29) is 30.9 Å². The van der Waals surface area contributed by atoms with Crippen LogP contribution in [0.4, 0.5) is 4.79 Å². The molecule has 43 heavy (non-hydrogen) atoms. The van der Waals surface area contributed by atoms with Crippen LogP contribution in [-0.2, 0) is 25.5 Å². The van der Waals surface area contributed by atoms with Crippen molar-refractivity contribution in [3.63, 3.8) is 0 Å². The Hall–Kier alpha value is -3.56. The van der Waals surface area contributed by atoms with Gasteiger partial charge >= 0.3 is 12.1 Å². The van der Waals surface area contributed by atoms with Gasteiger partial charge in [-0.2, -0.15) is 0 Å². The molecule has 3 fully saturated rings. The number of fused-ring (bicyclic) bond motifs is 5. The molecule has 0 unspecified atom stereocenters. The van der Waals surface area contributed by atoms with Gasteiger partial charge in [-0.05, 0) is 62.8 Å². The molecule has 2 saturated carbocycles. The Morgan fingerprint density at radius 2 is 1.72 bits per heavy atom. The maximum Gasteiger partial charge on any atom is 0.408 e. The van der Waals surface area contributed by atoms with Crippen molar-refractivity contribution in [1.82, 2.24) is 10.2 Å². The maximum atomic E-state index is 14.2. The molecule has 6 rings (SSSR count). The average molecular weight is 595 g/mol. The van der Waals surface area contributed by atoms with E-state index in [1.165, 1.54) is 16.7 Å². The van der Waals surface area contributed by atoms with Crippen LogP contribution < -0.4 is 14.8 Å². The fourth-order valence-corrected chi connectivity index (χ4v) is 7.79. The van der Waals surface area contributed by atoms with Crippen molar-refractivity contribution in [3.05, 3.63) is 36.0 Å². The van der Waals surface area contributed by atoms with Crippen LogP contribution >= 0.6 is 0 Å².